The summed E-state index contributed by atoms with van der Waals surface area (Å²) in [6.07, 6.45) is 0.975. The van der Waals surface area contributed by atoms with E-state index >= 15 is 0 Å². The summed E-state index contributed by atoms with van der Waals surface area (Å²) in [6, 6.07) is 5.76. The standard InChI is InChI=1S/C13H18N2O2/c1-2-15(7-8-16)13(17)11-3-4-12-10(9-11)5-6-14-12/h3-4,9,14,16H,2,5-8H2,1H3. The molecule has 4 nitrogen and oxygen atoms in total. The van der Waals surface area contributed by atoms with Gasteiger partial charge in [-0.05, 0) is 37.1 Å². The summed E-state index contributed by atoms with van der Waals surface area (Å²) in [5.41, 5.74) is 3.05. The number of likely N-dealkylation sites (N-methyl/N-ethyl adjacent to an activating group) is 1. The minimum Gasteiger partial charge on any atom is -0.395 e. The Balaban J connectivity index is 2.19. The van der Waals surface area contributed by atoms with Crippen LogP contribution >= 0.6 is 0 Å². The van der Waals surface area contributed by atoms with Crippen molar-refractivity contribution in [2.45, 2.75) is 13.3 Å². The van der Waals surface area contributed by atoms with Crippen molar-refractivity contribution in [3.63, 3.8) is 0 Å². The van der Waals surface area contributed by atoms with E-state index in [0.29, 0.717) is 18.7 Å². The number of benzene rings is 1. The zero-order chi connectivity index (χ0) is 12.3. The third kappa shape index (κ3) is 2.42. The first-order valence-electron chi connectivity index (χ1n) is 6.03. The monoisotopic (exact) mass is 234 g/mol. The number of carbonyl (C=O) groups excluding carboxylic acids is 1. The highest BCUT2D eigenvalue weighted by atomic mass is 16.3. The van der Waals surface area contributed by atoms with E-state index in [0.717, 1.165) is 18.7 Å². The SMILES string of the molecule is CCN(CCO)C(=O)c1ccc2c(c1)CCN2. The van der Waals surface area contributed by atoms with Crippen molar-refractivity contribution in [2.24, 2.45) is 0 Å². The first-order valence-corrected chi connectivity index (χ1v) is 6.03. The van der Waals surface area contributed by atoms with Crippen LogP contribution in [0.5, 0.6) is 0 Å². The molecule has 0 bridgehead atoms. The topological polar surface area (TPSA) is 52.6 Å². The lowest BCUT2D eigenvalue weighted by Gasteiger charge is -2.20. The lowest BCUT2D eigenvalue weighted by Crippen LogP contribution is -2.33. The fourth-order valence-electron chi connectivity index (χ4n) is 2.14. The summed E-state index contributed by atoms with van der Waals surface area (Å²) < 4.78 is 0. The average Bonchev–Trinajstić information content (AvgIpc) is 2.82. The normalized spacial score (nSPS) is 13.1. The maximum atomic E-state index is 12.2. The molecule has 0 saturated heterocycles. The van der Waals surface area contributed by atoms with Gasteiger partial charge in [0.1, 0.15) is 0 Å². The van der Waals surface area contributed by atoms with Gasteiger partial charge in [0.2, 0.25) is 0 Å². The Bertz CT molecular complexity index is 418. The van der Waals surface area contributed by atoms with E-state index < -0.39 is 0 Å². The first-order chi connectivity index (χ1) is 8.26. The summed E-state index contributed by atoms with van der Waals surface area (Å²) in [7, 11) is 0. The molecule has 92 valence electrons. The second kappa shape index (κ2) is 5.19. The maximum absolute atomic E-state index is 12.2. The Morgan fingerprint density at radius 2 is 2.35 bits per heavy atom. The van der Waals surface area contributed by atoms with Crippen molar-refractivity contribution in [1.29, 1.82) is 0 Å². The summed E-state index contributed by atoms with van der Waals surface area (Å²) >= 11 is 0. The molecule has 1 aromatic rings. The number of aliphatic hydroxyl groups is 1. The molecule has 0 radical (unpaired) electrons. The number of rotatable bonds is 4. The van der Waals surface area contributed by atoms with Gasteiger partial charge in [-0.2, -0.15) is 0 Å². The summed E-state index contributed by atoms with van der Waals surface area (Å²) in [6.45, 7) is 3.88. The summed E-state index contributed by atoms with van der Waals surface area (Å²) in [5, 5.41) is 12.2. The van der Waals surface area contributed by atoms with Gasteiger partial charge in [-0.25, -0.2) is 0 Å². The number of hydrogen-bond donors (Lipinski definition) is 2. The van der Waals surface area contributed by atoms with E-state index in [-0.39, 0.29) is 12.5 Å². The number of nitrogens with one attached hydrogen (secondary N) is 1. The van der Waals surface area contributed by atoms with Gasteiger partial charge in [0.05, 0.1) is 6.61 Å². The molecule has 0 aliphatic carbocycles. The molecule has 17 heavy (non-hydrogen) atoms. The van der Waals surface area contributed by atoms with Crippen LogP contribution in [0.1, 0.15) is 22.8 Å². The van der Waals surface area contributed by atoms with Crippen molar-refractivity contribution in [3.8, 4) is 0 Å². The Morgan fingerprint density at radius 1 is 1.53 bits per heavy atom. The van der Waals surface area contributed by atoms with Crippen molar-refractivity contribution in [3.05, 3.63) is 29.3 Å². The fourth-order valence-corrected chi connectivity index (χ4v) is 2.14. The first kappa shape index (κ1) is 11.9. The fraction of sp³-hybridized carbons (Fsp3) is 0.462. The number of hydrogen-bond acceptors (Lipinski definition) is 3. The van der Waals surface area contributed by atoms with Crippen molar-refractivity contribution in [2.75, 3.05) is 31.6 Å². The van der Waals surface area contributed by atoms with Crippen molar-refractivity contribution >= 4 is 11.6 Å². The second-order valence-electron chi connectivity index (χ2n) is 4.16. The highest BCUT2D eigenvalue weighted by Crippen LogP contribution is 2.23. The van der Waals surface area contributed by atoms with E-state index in [2.05, 4.69) is 5.32 Å². The van der Waals surface area contributed by atoms with Crippen LogP contribution in [0.2, 0.25) is 0 Å². The molecule has 1 aliphatic rings. The van der Waals surface area contributed by atoms with E-state index in [1.807, 2.05) is 25.1 Å². The molecule has 1 aliphatic heterocycles. The predicted molar refractivity (Wildman–Crippen MR) is 67.3 cm³/mol. The van der Waals surface area contributed by atoms with Crippen LogP contribution in [0.15, 0.2) is 18.2 Å². The third-order valence-electron chi connectivity index (χ3n) is 3.10. The largest absolute Gasteiger partial charge is 0.395 e. The minimum absolute atomic E-state index is 0.00347. The minimum atomic E-state index is -0.00347. The molecule has 0 aromatic heterocycles. The number of anilines is 1. The molecular formula is C13H18N2O2. The van der Waals surface area contributed by atoms with Gasteiger partial charge in [-0.1, -0.05) is 0 Å². The van der Waals surface area contributed by atoms with E-state index in [4.69, 9.17) is 5.11 Å². The molecule has 0 fully saturated rings. The zero-order valence-electron chi connectivity index (χ0n) is 10.1. The van der Waals surface area contributed by atoms with E-state index in [1.165, 1.54) is 5.56 Å². The second-order valence-corrected chi connectivity index (χ2v) is 4.16. The molecule has 2 rings (SSSR count). The molecule has 0 spiro atoms. The van der Waals surface area contributed by atoms with Gasteiger partial charge in [-0.15, -0.1) is 0 Å². The van der Waals surface area contributed by atoms with E-state index in [9.17, 15) is 4.79 Å². The Kier molecular flexibility index (Phi) is 3.64. The van der Waals surface area contributed by atoms with Crippen LogP contribution in [-0.2, 0) is 6.42 Å². The van der Waals surface area contributed by atoms with Gasteiger partial charge < -0.3 is 15.3 Å². The molecule has 0 atom stereocenters. The molecule has 2 N–H and O–H groups in total. The Labute approximate surface area is 101 Å². The molecule has 0 saturated carbocycles. The molecular weight excluding hydrogens is 216 g/mol. The van der Waals surface area contributed by atoms with Crippen LogP contribution in [0.25, 0.3) is 0 Å². The van der Waals surface area contributed by atoms with Crippen LogP contribution < -0.4 is 5.32 Å². The van der Waals surface area contributed by atoms with Crippen LogP contribution in [0, 0.1) is 0 Å². The number of fused-ring (bicyclic) bond motifs is 1. The van der Waals surface area contributed by atoms with Crippen LogP contribution in [0.4, 0.5) is 5.69 Å². The van der Waals surface area contributed by atoms with Gasteiger partial charge in [-0.3, -0.25) is 4.79 Å². The Morgan fingerprint density at radius 3 is 3.06 bits per heavy atom. The van der Waals surface area contributed by atoms with Gasteiger partial charge in [0, 0.05) is 30.9 Å². The van der Waals surface area contributed by atoms with Gasteiger partial charge >= 0.3 is 0 Å². The third-order valence-corrected chi connectivity index (χ3v) is 3.10. The van der Waals surface area contributed by atoms with E-state index in [1.54, 1.807) is 4.90 Å². The highest BCUT2D eigenvalue weighted by Gasteiger charge is 2.17. The predicted octanol–water partition coefficient (Wildman–Crippen LogP) is 1.11. The molecule has 1 heterocycles. The average molecular weight is 234 g/mol. The summed E-state index contributed by atoms with van der Waals surface area (Å²) in [4.78, 5) is 13.8. The lowest BCUT2D eigenvalue weighted by atomic mass is 10.1. The quantitative estimate of drug-likeness (QED) is 0.820. The summed E-state index contributed by atoms with van der Waals surface area (Å²) in [5.74, 6) is -0.00347. The van der Waals surface area contributed by atoms with Crippen molar-refractivity contribution < 1.29 is 9.90 Å². The zero-order valence-corrected chi connectivity index (χ0v) is 10.1. The van der Waals surface area contributed by atoms with Crippen LogP contribution in [0.3, 0.4) is 0 Å². The van der Waals surface area contributed by atoms with Gasteiger partial charge in [0.15, 0.2) is 0 Å². The molecule has 0 unspecified atom stereocenters. The lowest BCUT2D eigenvalue weighted by molar-refractivity contribution is 0.0732. The highest BCUT2D eigenvalue weighted by molar-refractivity contribution is 5.95. The molecule has 4 heteroatoms. The van der Waals surface area contributed by atoms with Gasteiger partial charge in [0.25, 0.3) is 5.91 Å². The maximum Gasteiger partial charge on any atom is 0.253 e. The molecule has 1 aromatic carbocycles. The number of aliphatic hydroxyl groups excluding tert-OH is 1. The number of nitrogens with zero attached hydrogens (tertiary/aromatic N) is 1. The van der Waals surface area contributed by atoms with Crippen molar-refractivity contribution in [1.82, 2.24) is 4.90 Å². The molecule has 1 amide bonds. The number of carbonyl (C=O) groups is 1. The Hall–Kier alpha value is -1.55. The van der Waals surface area contributed by atoms with Crippen LogP contribution in [-0.4, -0.2) is 42.2 Å². The number of amides is 1. The smallest absolute Gasteiger partial charge is 0.253 e.